The zero-order valence-electron chi connectivity index (χ0n) is 21.4. The Balaban J connectivity index is 1.53. The van der Waals surface area contributed by atoms with Crippen LogP contribution in [0.25, 0.3) is 16.7 Å². The maximum Gasteiger partial charge on any atom is 0.338 e. The summed E-state index contributed by atoms with van der Waals surface area (Å²) in [5.74, 6) is -0.484. The molecule has 0 spiro atoms. The first kappa shape index (κ1) is 25.8. The molecule has 1 fully saturated rings. The number of hydrogen-bond acceptors (Lipinski definition) is 5. The molecule has 9 heteroatoms. The lowest BCUT2D eigenvalue weighted by Crippen LogP contribution is -2.30. The third-order valence-corrected chi connectivity index (χ3v) is 7.44. The summed E-state index contributed by atoms with van der Waals surface area (Å²) in [6, 6.07) is 17.7. The highest BCUT2D eigenvalue weighted by Crippen LogP contribution is 2.25. The zero-order valence-corrected chi connectivity index (χ0v) is 22.2. The summed E-state index contributed by atoms with van der Waals surface area (Å²) in [6.07, 6.45) is 0.877. The van der Waals surface area contributed by atoms with Crippen molar-refractivity contribution in [1.29, 1.82) is 0 Å². The lowest BCUT2D eigenvalue weighted by atomic mass is 10.0. The third kappa shape index (κ3) is 4.61. The smallest absolute Gasteiger partial charge is 0.338 e. The molecule has 4 aromatic rings. The molecule has 0 aliphatic carbocycles. The SMILES string of the molecule is COC(=O)c1cccc(Cn2c(=O)n(-c3ccc(C(=O)N4CCC(OC)C4)cc3)c3cc(Cl)ccc32)c1C. The molecule has 0 radical (unpaired) electrons. The number of halogens is 1. The summed E-state index contributed by atoms with van der Waals surface area (Å²) in [7, 11) is 3.00. The van der Waals surface area contributed by atoms with Crippen molar-refractivity contribution < 1.29 is 19.1 Å². The van der Waals surface area contributed by atoms with Crippen LogP contribution in [0.2, 0.25) is 5.02 Å². The Morgan fingerprint density at radius 3 is 2.47 bits per heavy atom. The van der Waals surface area contributed by atoms with Gasteiger partial charge in [-0.3, -0.25) is 13.9 Å². The second-order valence-electron chi connectivity index (χ2n) is 9.36. The number of esters is 1. The first-order chi connectivity index (χ1) is 18.3. The molecule has 1 saturated heterocycles. The van der Waals surface area contributed by atoms with Gasteiger partial charge in [-0.15, -0.1) is 0 Å². The molecular weight excluding hydrogens is 506 g/mol. The number of carbonyl (C=O) groups excluding carboxylic acids is 2. The van der Waals surface area contributed by atoms with E-state index in [1.165, 1.54) is 7.11 Å². The van der Waals surface area contributed by atoms with Gasteiger partial charge < -0.3 is 14.4 Å². The molecule has 1 unspecified atom stereocenters. The molecule has 8 nitrogen and oxygen atoms in total. The topological polar surface area (TPSA) is 82.8 Å². The summed E-state index contributed by atoms with van der Waals surface area (Å²) in [6.45, 7) is 3.32. The molecule has 1 amide bonds. The van der Waals surface area contributed by atoms with E-state index in [2.05, 4.69) is 0 Å². The molecule has 196 valence electrons. The van der Waals surface area contributed by atoms with E-state index >= 15 is 0 Å². The van der Waals surface area contributed by atoms with Crippen LogP contribution in [-0.4, -0.2) is 59.3 Å². The molecule has 5 rings (SSSR count). The van der Waals surface area contributed by atoms with Crippen LogP contribution in [-0.2, 0) is 16.0 Å². The Hall–Kier alpha value is -3.88. The predicted octanol–water partition coefficient (Wildman–Crippen LogP) is 4.45. The van der Waals surface area contributed by atoms with Crippen LogP contribution in [0.1, 0.15) is 38.3 Å². The molecule has 1 aliphatic rings. The van der Waals surface area contributed by atoms with Gasteiger partial charge in [-0.25, -0.2) is 9.59 Å². The van der Waals surface area contributed by atoms with Gasteiger partial charge in [-0.1, -0.05) is 23.7 Å². The normalized spacial score (nSPS) is 15.3. The number of hydrogen-bond donors (Lipinski definition) is 0. The van der Waals surface area contributed by atoms with Gasteiger partial charge in [0, 0.05) is 30.8 Å². The highest BCUT2D eigenvalue weighted by Gasteiger charge is 2.27. The zero-order chi connectivity index (χ0) is 27.0. The largest absolute Gasteiger partial charge is 0.465 e. The lowest BCUT2D eigenvalue weighted by Gasteiger charge is -2.16. The fraction of sp³-hybridized carbons (Fsp3) is 0.276. The molecule has 2 heterocycles. The number of benzene rings is 3. The minimum absolute atomic E-state index is 0.0598. The number of nitrogens with zero attached hydrogens (tertiary/aromatic N) is 3. The molecule has 3 aromatic carbocycles. The van der Waals surface area contributed by atoms with Crippen molar-refractivity contribution in [3.05, 3.63) is 98.4 Å². The summed E-state index contributed by atoms with van der Waals surface area (Å²) in [5.41, 5.74) is 4.29. The van der Waals surface area contributed by atoms with Crippen LogP contribution in [0.15, 0.2) is 65.5 Å². The summed E-state index contributed by atoms with van der Waals surface area (Å²) < 4.78 is 13.5. The Morgan fingerprint density at radius 2 is 1.79 bits per heavy atom. The van der Waals surface area contributed by atoms with Gasteiger partial charge in [-0.2, -0.15) is 0 Å². The number of rotatable bonds is 6. The molecule has 0 N–H and O–H groups in total. The van der Waals surface area contributed by atoms with Crippen LogP contribution < -0.4 is 5.69 Å². The average Bonchev–Trinajstić information content (AvgIpc) is 3.51. The van der Waals surface area contributed by atoms with Gasteiger partial charge in [-0.05, 0) is 73.0 Å². The van der Waals surface area contributed by atoms with Crippen molar-refractivity contribution >= 4 is 34.5 Å². The van der Waals surface area contributed by atoms with Crippen molar-refractivity contribution in [2.24, 2.45) is 0 Å². The maximum atomic E-state index is 13.8. The van der Waals surface area contributed by atoms with E-state index in [0.717, 1.165) is 17.5 Å². The van der Waals surface area contributed by atoms with Gasteiger partial charge in [0.05, 0.1) is 42.0 Å². The third-order valence-electron chi connectivity index (χ3n) is 7.21. The number of likely N-dealkylation sites (tertiary alicyclic amines) is 1. The summed E-state index contributed by atoms with van der Waals surface area (Å²) in [5, 5.41) is 0.501. The fourth-order valence-corrected chi connectivity index (χ4v) is 5.20. The van der Waals surface area contributed by atoms with E-state index in [0.29, 0.717) is 46.0 Å². The lowest BCUT2D eigenvalue weighted by molar-refractivity contribution is 0.0599. The van der Waals surface area contributed by atoms with Crippen LogP contribution in [0, 0.1) is 6.92 Å². The maximum absolute atomic E-state index is 13.8. The van der Waals surface area contributed by atoms with Crippen molar-refractivity contribution in [2.75, 3.05) is 27.3 Å². The van der Waals surface area contributed by atoms with Crippen molar-refractivity contribution in [2.45, 2.75) is 26.0 Å². The number of fused-ring (bicyclic) bond motifs is 1. The molecule has 0 bridgehead atoms. The monoisotopic (exact) mass is 533 g/mol. The van der Waals surface area contributed by atoms with Gasteiger partial charge in [0.2, 0.25) is 0 Å². The number of imidazole rings is 1. The van der Waals surface area contributed by atoms with E-state index in [1.54, 1.807) is 69.7 Å². The molecule has 0 saturated carbocycles. The van der Waals surface area contributed by atoms with E-state index < -0.39 is 5.97 Å². The summed E-state index contributed by atoms with van der Waals surface area (Å²) in [4.78, 5) is 40.7. The second-order valence-corrected chi connectivity index (χ2v) is 9.80. The molecule has 1 aromatic heterocycles. The van der Waals surface area contributed by atoms with E-state index in [4.69, 9.17) is 21.1 Å². The predicted molar refractivity (Wildman–Crippen MR) is 145 cm³/mol. The van der Waals surface area contributed by atoms with Crippen molar-refractivity contribution in [3.8, 4) is 5.69 Å². The molecule has 1 atom stereocenters. The first-order valence-corrected chi connectivity index (χ1v) is 12.7. The van der Waals surface area contributed by atoms with E-state index in [9.17, 15) is 14.4 Å². The van der Waals surface area contributed by atoms with Gasteiger partial charge in [0.1, 0.15) is 0 Å². The van der Waals surface area contributed by atoms with E-state index in [-0.39, 0.29) is 24.2 Å². The van der Waals surface area contributed by atoms with Crippen molar-refractivity contribution in [1.82, 2.24) is 14.0 Å². The summed E-state index contributed by atoms with van der Waals surface area (Å²) >= 11 is 6.32. The van der Waals surface area contributed by atoms with Crippen LogP contribution in [0.3, 0.4) is 0 Å². The quantitative estimate of drug-likeness (QED) is 0.342. The minimum Gasteiger partial charge on any atom is -0.465 e. The second kappa shape index (κ2) is 10.5. The Bertz CT molecular complexity index is 1590. The minimum atomic E-state index is -0.424. The molecular formula is C29H28ClN3O5. The van der Waals surface area contributed by atoms with E-state index in [1.807, 2.05) is 19.1 Å². The van der Waals surface area contributed by atoms with Crippen LogP contribution in [0.4, 0.5) is 0 Å². The Kier molecular flexibility index (Phi) is 7.10. The van der Waals surface area contributed by atoms with Crippen molar-refractivity contribution in [3.63, 3.8) is 0 Å². The number of methoxy groups -OCH3 is 2. The van der Waals surface area contributed by atoms with Gasteiger partial charge >= 0.3 is 11.7 Å². The van der Waals surface area contributed by atoms with Gasteiger partial charge in [0.15, 0.2) is 0 Å². The number of aromatic nitrogens is 2. The highest BCUT2D eigenvalue weighted by atomic mass is 35.5. The van der Waals surface area contributed by atoms with Crippen LogP contribution >= 0.6 is 11.6 Å². The van der Waals surface area contributed by atoms with Gasteiger partial charge in [0.25, 0.3) is 5.91 Å². The number of carbonyl (C=O) groups is 2. The average molecular weight is 534 g/mol. The fourth-order valence-electron chi connectivity index (χ4n) is 5.03. The molecule has 38 heavy (non-hydrogen) atoms. The number of amides is 1. The highest BCUT2D eigenvalue weighted by molar-refractivity contribution is 6.31. The molecule has 1 aliphatic heterocycles. The van der Waals surface area contributed by atoms with Crippen LogP contribution in [0.5, 0.6) is 0 Å². The Morgan fingerprint density at radius 1 is 1.03 bits per heavy atom. The first-order valence-electron chi connectivity index (χ1n) is 12.3. The number of ether oxygens (including phenoxy) is 2. The Labute approximate surface area is 224 Å². The standard InChI is InChI=1S/C29H28ClN3O5/c1-18-20(5-4-6-24(18)28(35)38-3)16-32-25-12-9-21(30)15-26(25)33(29(32)36)22-10-7-19(8-11-22)27(34)31-14-13-23(17-31)37-2/h4-12,15,23H,13-14,16-17H2,1-3H3.